The zero-order valence-corrected chi connectivity index (χ0v) is 53.1. The molecule has 0 fully saturated rings. The van der Waals surface area contributed by atoms with E-state index in [-0.39, 0.29) is 32.2 Å². The second-order valence-corrected chi connectivity index (χ2v) is 25.2. The van der Waals surface area contributed by atoms with Crippen LogP contribution >= 0.6 is 0 Å². The van der Waals surface area contributed by atoms with Crippen LogP contribution in [-0.2, 0) is 33.3 Å². The molecule has 2 atom stereocenters. The lowest BCUT2D eigenvalue weighted by atomic mass is 10.0. The highest BCUT2D eigenvalue weighted by Crippen LogP contribution is 2.19. The molecule has 0 N–H and O–H groups in total. The average molecular weight is 1110 g/mol. The second-order valence-electron chi connectivity index (χ2n) is 25.2. The molecule has 0 saturated carbocycles. The summed E-state index contributed by atoms with van der Waals surface area (Å²) in [6.07, 6.45) is 69.0. The van der Waals surface area contributed by atoms with E-state index in [1.54, 1.807) is 0 Å². The van der Waals surface area contributed by atoms with E-state index in [9.17, 15) is 19.5 Å². The van der Waals surface area contributed by atoms with Crippen molar-refractivity contribution in [2.24, 2.45) is 0 Å². The normalized spacial score (nSPS) is 12.6. The third-order valence-corrected chi connectivity index (χ3v) is 16.1. The maximum absolute atomic E-state index is 12.9. The number of likely N-dealkylation sites (N-methyl/N-ethyl adjacent to an activating group) is 1. The summed E-state index contributed by atoms with van der Waals surface area (Å²) >= 11 is 0. The van der Waals surface area contributed by atoms with E-state index in [0.29, 0.717) is 17.4 Å². The van der Waals surface area contributed by atoms with Gasteiger partial charge < -0.3 is 33.3 Å². The van der Waals surface area contributed by atoms with Crippen LogP contribution in [0.25, 0.3) is 0 Å². The van der Waals surface area contributed by atoms with Crippen molar-refractivity contribution >= 4 is 17.9 Å². The first-order valence-corrected chi connectivity index (χ1v) is 34.7. The lowest BCUT2D eigenvalue weighted by Gasteiger charge is -2.26. The predicted octanol–water partition coefficient (Wildman–Crippen LogP) is 19.8. The standard InChI is InChI=1S/C69H135NO8/c1-6-8-10-12-14-16-18-20-22-24-26-28-30-32-33-34-36-38-40-42-44-46-48-50-52-54-56-58-60-67(72)78-65(64-77-69(68(73)74)75-62-61-70(3,4)5)63-76-66(71)59-57-55-53-51-49-47-45-43-41-39-37-35-31-29-27-25-23-21-19-17-15-13-11-9-7-2/h65,69H,6-64H2,1-5H3. The van der Waals surface area contributed by atoms with Gasteiger partial charge in [0.2, 0.25) is 0 Å². The summed E-state index contributed by atoms with van der Waals surface area (Å²) in [5.74, 6) is -2.24. The van der Waals surface area contributed by atoms with Crippen LogP contribution in [0.15, 0.2) is 0 Å². The second kappa shape index (κ2) is 61.4. The summed E-state index contributed by atoms with van der Waals surface area (Å²) in [7, 11) is 5.95. The first-order valence-electron chi connectivity index (χ1n) is 34.7. The Kier molecular flexibility index (Phi) is 60.0. The van der Waals surface area contributed by atoms with Gasteiger partial charge in [-0.2, -0.15) is 0 Å². The van der Waals surface area contributed by atoms with Crippen LogP contribution < -0.4 is 5.11 Å². The number of hydrogen-bond donors (Lipinski definition) is 0. The Bertz CT molecular complexity index is 1240. The van der Waals surface area contributed by atoms with E-state index >= 15 is 0 Å². The molecule has 9 heteroatoms. The third kappa shape index (κ3) is 61.9. The van der Waals surface area contributed by atoms with Crippen molar-refractivity contribution in [3.05, 3.63) is 0 Å². The highest BCUT2D eigenvalue weighted by atomic mass is 16.7. The molecule has 0 aromatic heterocycles. The Morgan fingerprint density at radius 3 is 0.821 bits per heavy atom. The van der Waals surface area contributed by atoms with E-state index < -0.39 is 24.3 Å². The van der Waals surface area contributed by atoms with Gasteiger partial charge in [-0.25, -0.2) is 0 Å². The lowest BCUT2D eigenvalue weighted by Crippen LogP contribution is -2.44. The van der Waals surface area contributed by atoms with Crippen LogP contribution in [0.2, 0.25) is 0 Å². The van der Waals surface area contributed by atoms with Crippen molar-refractivity contribution in [2.45, 2.75) is 379 Å². The van der Waals surface area contributed by atoms with Gasteiger partial charge in [0.1, 0.15) is 13.2 Å². The summed E-state index contributed by atoms with van der Waals surface area (Å²) in [5.41, 5.74) is 0. The number of carbonyl (C=O) groups excluding carboxylic acids is 3. The number of carboxylic acid groups (broad SMARTS) is 1. The van der Waals surface area contributed by atoms with E-state index in [0.717, 1.165) is 38.5 Å². The molecule has 0 heterocycles. The number of ether oxygens (including phenoxy) is 4. The van der Waals surface area contributed by atoms with Gasteiger partial charge >= 0.3 is 11.9 Å². The molecule has 0 spiro atoms. The molecule has 0 bridgehead atoms. The average Bonchev–Trinajstić information content (AvgIpc) is 3.41. The maximum Gasteiger partial charge on any atom is 0.306 e. The molecule has 2 unspecified atom stereocenters. The number of rotatable bonds is 66. The summed E-state index contributed by atoms with van der Waals surface area (Å²) in [6, 6.07) is 0. The lowest BCUT2D eigenvalue weighted by molar-refractivity contribution is -0.870. The molecule has 78 heavy (non-hydrogen) atoms. The Morgan fingerprint density at radius 1 is 0.333 bits per heavy atom. The molecule has 0 aromatic rings. The smallest absolute Gasteiger partial charge is 0.306 e. The molecular weight excluding hydrogens is 971 g/mol. The largest absolute Gasteiger partial charge is 0.545 e. The Balaban J connectivity index is 4.05. The first-order chi connectivity index (χ1) is 38.1. The molecule has 0 amide bonds. The molecule has 464 valence electrons. The minimum atomic E-state index is -1.62. The highest BCUT2D eigenvalue weighted by molar-refractivity contribution is 5.70. The Hall–Kier alpha value is -1.71. The fourth-order valence-corrected chi connectivity index (χ4v) is 10.8. The van der Waals surface area contributed by atoms with Crippen molar-refractivity contribution in [1.29, 1.82) is 0 Å². The quantitative estimate of drug-likeness (QED) is 0.0256. The Labute approximate surface area is 485 Å². The van der Waals surface area contributed by atoms with Crippen LogP contribution in [0.3, 0.4) is 0 Å². The van der Waals surface area contributed by atoms with Gasteiger partial charge in [0.25, 0.3) is 0 Å². The number of carbonyl (C=O) groups is 3. The van der Waals surface area contributed by atoms with Crippen LogP contribution in [0.5, 0.6) is 0 Å². The van der Waals surface area contributed by atoms with Crippen molar-refractivity contribution < 1.29 is 42.9 Å². The topological polar surface area (TPSA) is 111 Å². The van der Waals surface area contributed by atoms with Gasteiger partial charge in [0.05, 0.1) is 40.3 Å². The summed E-state index contributed by atoms with van der Waals surface area (Å²) in [5, 5.41) is 11.8. The minimum absolute atomic E-state index is 0.154. The van der Waals surface area contributed by atoms with Crippen LogP contribution in [0.4, 0.5) is 0 Å². The number of quaternary nitrogens is 1. The first kappa shape index (κ1) is 76.3. The number of esters is 2. The molecule has 0 rings (SSSR count). The highest BCUT2D eigenvalue weighted by Gasteiger charge is 2.22. The Morgan fingerprint density at radius 2 is 0.577 bits per heavy atom. The summed E-state index contributed by atoms with van der Waals surface area (Å²) in [4.78, 5) is 37.5. The predicted molar refractivity (Wildman–Crippen MR) is 330 cm³/mol. The number of unbranched alkanes of at least 4 members (excludes halogenated alkanes) is 51. The zero-order valence-electron chi connectivity index (χ0n) is 53.1. The van der Waals surface area contributed by atoms with Crippen molar-refractivity contribution in [3.63, 3.8) is 0 Å². The van der Waals surface area contributed by atoms with Crippen molar-refractivity contribution in [1.82, 2.24) is 0 Å². The number of hydrogen-bond acceptors (Lipinski definition) is 8. The van der Waals surface area contributed by atoms with Gasteiger partial charge in [0.15, 0.2) is 12.4 Å². The monoisotopic (exact) mass is 1110 g/mol. The van der Waals surface area contributed by atoms with E-state index in [2.05, 4.69) is 13.8 Å². The molecule has 9 nitrogen and oxygen atoms in total. The molecule has 0 aliphatic heterocycles. The summed E-state index contributed by atoms with van der Waals surface area (Å²) < 4.78 is 22.8. The molecule has 0 aliphatic rings. The third-order valence-electron chi connectivity index (χ3n) is 16.1. The SMILES string of the molecule is CCCCCCCCCCCCCCCCCCCCCCCCCCCCCCC(=O)OC(COC(=O)CCCCCCCCCCCCCCCCCCCCCCCCCCC)COC(OCC[N+](C)(C)C)C(=O)[O-]. The molecular formula is C69H135NO8. The van der Waals surface area contributed by atoms with E-state index in [1.807, 2.05) is 21.1 Å². The van der Waals surface area contributed by atoms with Crippen molar-refractivity contribution in [3.8, 4) is 0 Å². The van der Waals surface area contributed by atoms with Crippen LogP contribution in [0.1, 0.15) is 367 Å². The van der Waals surface area contributed by atoms with Gasteiger partial charge in [-0.3, -0.25) is 9.59 Å². The molecule has 0 aliphatic carbocycles. The fourth-order valence-electron chi connectivity index (χ4n) is 10.8. The van der Waals surface area contributed by atoms with Gasteiger partial charge in [-0.15, -0.1) is 0 Å². The number of aliphatic carboxylic acids is 1. The van der Waals surface area contributed by atoms with E-state index in [4.69, 9.17) is 18.9 Å². The van der Waals surface area contributed by atoms with Crippen LogP contribution in [-0.4, -0.2) is 82.3 Å². The van der Waals surface area contributed by atoms with Gasteiger partial charge in [-0.1, -0.05) is 341 Å². The number of carboxylic acids is 1. The molecule has 0 saturated heterocycles. The molecule has 0 radical (unpaired) electrons. The maximum atomic E-state index is 12.9. The zero-order chi connectivity index (χ0) is 56.9. The van der Waals surface area contributed by atoms with Crippen molar-refractivity contribution in [2.75, 3.05) is 47.5 Å². The fraction of sp³-hybridized carbons (Fsp3) is 0.957. The van der Waals surface area contributed by atoms with E-state index in [1.165, 1.54) is 302 Å². The molecule has 0 aromatic carbocycles. The van der Waals surface area contributed by atoms with Gasteiger partial charge in [0, 0.05) is 12.8 Å². The minimum Gasteiger partial charge on any atom is -0.545 e. The van der Waals surface area contributed by atoms with Crippen LogP contribution in [0, 0.1) is 0 Å². The number of nitrogens with zero attached hydrogens (tertiary/aromatic N) is 1. The summed E-state index contributed by atoms with van der Waals surface area (Å²) in [6.45, 7) is 4.84. The van der Waals surface area contributed by atoms with Gasteiger partial charge in [-0.05, 0) is 12.8 Å².